The van der Waals surface area contributed by atoms with Gasteiger partial charge >= 0.3 is 0 Å². The van der Waals surface area contributed by atoms with Crippen LogP contribution in [-0.4, -0.2) is 13.2 Å². The quantitative estimate of drug-likeness (QED) is 0.779. The molecular weight excluding hydrogens is 210 g/mol. The first-order valence-corrected chi connectivity index (χ1v) is 6.50. The fraction of sp³-hybridized carbons (Fsp3) is 0.600. The zero-order valence-corrected chi connectivity index (χ0v) is 11.5. The van der Waals surface area contributed by atoms with Gasteiger partial charge in [0, 0.05) is 13.1 Å². The van der Waals surface area contributed by atoms with E-state index in [1.165, 1.54) is 12.0 Å². The SMILES string of the molecule is CCOc1cccc(CNCC(C)(C)CC)c1. The summed E-state index contributed by atoms with van der Waals surface area (Å²) < 4.78 is 5.49. The molecule has 0 aliphatic carbocycles. The molecule has 0 atom stereocenters. The number of ether oxygens (including phenoxy) is 1. The zero-order valence-electron chi connectivity index (χ0n) is 11.5. The molecule has 0 radical (unpaired) electrons. The van der Waals surface area contributed by atoms with E-state index in [1.807, 2.05) is 19.1 Å². The molecule has 0 heterocycles. The van der Waals surface area contributed by atoms with Crippen LogP contribution >= 0.6 is 0 Å². The van der Waals surface area contributed by atoms with Crippen molar-refractivity contribution in [1.82, 2.24) is 5.32 Å². The van der Waals surface area contributed by atoms with Crippen LogP contribution in [-0.2, 0) is 6.54 Å². The van der Waals surface area contributed by atoms with Crippen molar-refractivity contribution in [2.45, 2.75) is 40.7 Å². The molecule has 0 bridgehead atoms. The molecule has 1 aromatic carbocycles. The van der Waals surface area contributed by atoms with Gasteiger partial charge < -0.3 is 10.1 Å². The van der Waals surface area contributed by atoms with Crippen molar-refractivity contribution in [2.75, 3.05) is 13.2 Å². The maximum Gasteiger partial charge on any atom is 0.119 e. The molecule has 0 unspecified atom stereocenters. The van der Waals surface area contributed by atoms with E-state index < -0.39 is 0 Å². The lowest BCUT2D eigenvalue weighted by atomic mass is 9.90. The van der Waals surface area contributed by atoms with Crippen LogP contribution in [0.25, 0.3) is 0 Å². The first-order chi connectivity index (χ1) is 8.07. The predicted molar refractivity (Wildman–Crippen MR) is 73.4 cm³/mol. The second-order valence-corrected chi connectivity index (χ2v) is 5.20. The standard InChI is InChI=1S/C15H25NO/c1-5-15(3,4)12-16-11-13-8-7-9-14(10-13)17-6-2/h7-10,16H,5-6,11-12H2,1-4H3. The highest BCUT2D eigenvalue weighted by atomic mass is 16.5. The monoisotopic (exact) mass is 235 g/mol. The molecule has 2 nitrogen and oxygen atoms in total. The average Bonchev–Trinajstić information content (AvgIpc) is 2.30. The molecule has 0 aliphatic heterocycles. The number of nitrogens with one attached hydrogen (secondary N) is 1. The van der Waals surface area contributed by atoms with Gasteiger partial charge in [0.1, 0.15) is 5.75 Å². The van der Waals surface area contributed by atoms with Crippen LogP contribution in [0.3, 0.4) is 0 Å². The lowest BCUT2D eigenvalue weighted by Gasteiger charge is -2.23. The van der Waals surface area contributed by atoms with Crippen LogP contribution in [0, 0.1) is 5.41 Å². The molecule has 1 rings (SSSR count). The van der Waals surface area contributed by atoms with E-state index in [2.05, 4.69) is 38.2 Å². The van der Waals surface area contributed by atoms with Gasteiger partial charge in [0.05, 0.1) is 6.61 Å². The van der Waals surface area contributed by atoms with Crippen LogP contribution in [0.2, 0.25) is 0 Å². The summed E-state index contributed by atoms with van der Waals surface area (Å²) in [6.07, 6.45) is 1.19. The van der Waals surface area contributed by atoms with Gasteiger partial charge in [-0.2, -0.15) is 0 Å². The van der Waals surface area contributed by atoms with Crippen molar-refractivity contribution in [3.8, 4) is 5.75 Å². The molecule has 0 aromatic heterocycles. The van der Waals surface area contributed by atoms with Crippen molar-refractivity contribution in [3.63, 3.8) is 0 Å². The van der Waals surface area contributed by atoms with Gasteiger partial charge in [-0.05, 0) is 36.5 Å². The maximum atomic E-state index is 5.49. The first kappa shape index (κ1) is 14.0. The highest BCUT2D eigenvalue weighted by Crippen LogP contribution is 2.18. The Labute approximate surface area is 105 Å². The lowest BCUT2D eigenvalue weighted by Crippen LogP contribution is -2.28. The number of rotatable bonds is 7. The van der Waals surface area contributed by atoms with Gasteiger partial charge in [-0.15, -0.1) is 0 Å². The third kappa shape index (κ3) is 5.22. The van der Waals surface area contributed by atoms with Crippen molar-refractivity contribution in [2.24, 2.45) is 5.41 Å². The summed E-state index contributed by atoms with van der Waals surface area (Å²) in [5.41, 5.74) is 1.65. The van der Waals surface area contributed by atoms with Gasteiger partial charge in [-0.3, -0.25) is 0 Å². The van der Waals surface area contributed by atoms with Gasteiger partial charge in [0.15, 0.2) is 0 Å². The second kappa shape index (κ2) is 6.65. The Balaban J connectivity index is 2.44. The zero-order chi connectivity index (χ0) is 12.7. The third-order valence-corrected chi connectivity index (χ3v) is 3.10. The molecule has 2 heteroatoms. The molecule has 0 fully saturated rings. The van der Waals surface area contributed by atoms with E-state index in [9.17, 15) is 0 Å². The van der Waals surface area contributed by atoms with Crippen molar-refractivity contribution >= 4 is 0 Å². The minimum atomic E-state index is 0.373. The van der Waals surface area contributed by atoms with E-state index in [0.717, 1.165) is 25.4 Å². The predicted octanol–water partition coefficient (Wildman–Crippen LogP) is 3.61. The molecule has 0 spiro atoms. The summed E-state index contributed by atoms with van der Waals surface area (Å²) in [5.74, 6) is 0.960. The minimum absolute atomic E-state index is 0.373. The minimum Gasteiger partial charge on any atom is -0.494 e. The summed E-state index contributed by atoms with van der Waals surface area (Å²) in [7, 11) is 0. The van der Waals surface area contributed by atoms with Gasteiger partial charge in [-0.25, -0.2) is 0 Å². The summed E-state index contributed by atoms with van der Waals surface area (Å²) in [6.45, 7) is 11.5. The Bertz CT molecular complexity index is 333. The number of benzene rings is 1. The van der Waals surface area contributed by atoms with Crippen LogP contribution in [0.4, 0.5) is 0 Å². The number of hydrogen-bond acceptors (Lipinski definition) is 2. The molecule has 0 aliphatic rings. The second-order valence-electron chi connectivity index (χ2n) is 5.20. The van der Waals surface area contributed by atoms with Crippen LogP contribution in [0.15, 0.2) is 24.3 Å². The van der Waals surface area contributed by atoms with Crippen LogP contribution in [0.1, 0.15) is 39.7 Å². The Morgan fingerprint density at radius 3 is 2.65 bits per heavy atom. The molecule has 1 N–H and O–H groups in total. The van der Waals surface area contributed by atoms with Gasteiger partial charge in [0.2, 0.25) is 0 Å². The van der Waals surface area contributed by atoms with E-state index in [-0.39, 0.29) is 0 Å². The molecule has 17 heavy (non-hydrogen) atoms. The molecular formula is C15H25NO. The topological polar surface area (TPSA) is 21.3 Å². The summed E-state index contributed by atoms with van der Waals surface area (Å²) >= 11 is 0. The first-order valence-electron chi connectivity index (χ1n) is 6.50. The van der Waals surface area contributed by atoms with Crippen molar-refractivity contribution in [3.05, 3.63) is 29.8 Å². The van der Waals surface area contributed by atoms with Crippen LogP contribution in [0.5, 0.6) is 5.75 Å². The molecule has 0 saturated carbocycles. The summed E-state index contributed by atoms with van der Waals surface area (Å²) in [4.78, 5) is 0. The molecule has 1 aromatic rings. The van der Waals surface area contributed by atoms with E-state index >= 15 is 0 Å². The highest BCUT2D eigenvalue weighted by molar-refractivity contribution is 5.28. The maximum absolute atomic E-state index is 5.49. The Hall–Kier alpha value is -1.02. The summed E-state index contributed by atoms with van der Waals surface area (Å²) in [5, 5.41) is 3.51. The number of hydrogen-bond donors (Lipinski definition) is 1. The van der Waals surface area contributed by atoms with E-state index in [0.29, 0.717) is 5.41 Å². The average molecular weight is 235 g/mol. The highest BCUT2D eigenvalue weighted by Gasteiger charge is 2.13. The Kier molecular flexibility index (Phi) is 5.49. The fourth-order valence-electron chi connectivity index (χ4n) is 1.58. The van der Waals surface area contributed by atoms with Crippen molar-refractivity contribution < 1.29 is 4.74 Å². The largest absolute Gasteiger partial charge is 0.494 e. The van der Waals surface area contributed by atoms with Crippen molar-refractivity contribution in [1.29, 1.82) is 0 Å². The summed E-state index contributed by atoms with van der Waals surface area (Å²) in [6, 6.07) is 8.29. The van der Waals surface area contributed by atoms with E-state index in [1.54, 1.807) is 0 Å². The van der Waals surface area contributed by atoms with Crippen LogP contribution < -0.4 is 10.1 Å². The third-order valence-electron chi connectivity index (χ3n) is 3.10. The van der Waals surface area contributed by atoms with Gasteiger partial charge in [0.25, 0.3) is 0 Å². The fourth-order valence-corrected chi connectivity index (χ4v) is 1.58. The van der Waals surface area contributed by atoms with E-state index in [4.69, 9.17) is 4.74 Å². The molecule has 0 amide bonds. The Morgan fingerprint density at radius 2 is 2.00 bits per heavy atom. The Morgan fingerprint density at radius 1 is 1.24 bits per heavy atom. The molecule has 96 valence electrons. The molecule has 0 saturated heterocycles. The van der Waals surface area contributed by atoms with Gasteiger partial charge in [-0.1, -0.05) is 32.9 Å². The lowest BCUT2D eigenvalue weighted by molar-refractivity contribution is 0.326. The smallest absolute Gasteiger partial charge is 0.119 e. The normalized spacial score (nSPS) is 11.5.